The van der Waals surface area contributed by atoms with Crippen LogP contribution in [-0.2, 0) is 14.0 Å². The molecule has 5 heteroatoms. The van der Waals surface area contributed by atoms with Crippen LogP contribution >= 0.6 is 0 Å². The zero-order valence-corrected chi connectivity index (χ0v) is 14.7. The van der Waals surface area contributed by atoms with Crippen LogP contribution in [0.3, 0.4) is 0 Å². The number of para-hydroxylation sites is 1. The van der Waals surface area contributed by atoms with Crippen molar-refractivity contribution < 1.29 is 14.0 Å². The molecule has 2 heterocycles. The summed E-state index contributed by atoms with van der Waals surface area (Å²) in [5.41, 5.74) is 1.97. The van der Waals surface area contributed by atoms with Gasteiger partial charge in [-0.2, -0.15) is 0 Å². The van der Waals surface area contributed by atoms with E-state index >= 15 is 0 Å². The van der Waals surface area contributed by atoms with Crippen molar-refractivity contribution in [2.24, 2.45) is 17.8 Å². The molecule has 4 rings (SSSR count). The number of benzene rings is 1. The Labute approximate surface area is 137 Å². The summed E-state index contributed by atoms with van der Waals surface area (Å²) in [6.07, 6.45) is 0.699. The highest BCUT2D eigenvalue weighted by Crippen LogP contribution is 2.51. The van der Waals surface area contributed by atoms with Gasteiger partial charge >= 0.3 is 0 Å². The van der Waals surface area contributed by atoms with Crippen LogP contribution in [0.2, 0.25) is 13.1 Å². The molecular weight excluding hydrogens is 306 g/mol. The van der Waals surface area contributed by atoms with Crippen LogP contribution < -0.4 is 4.90 Å². The second-order valence-electron chi connectivity index (χ2n) is 7.31. The molecule has 2 saturated heterocycles. The van der Waals surface area contributed by atoms with Crippen molar-refractivity contribution in [2.45, 2.75) is 26.4 Å². The molecule has 2 amide bonds. The first-order valence-electron chi connectivity index (χ1n) is 8.19. The maximum atomic E-state index is 13.1. The number of fused-ring (bicyclic) bond motifs is 3. The van der Waals surface area contributed by atoms with Gasteiger partial charge in [0, 0.05) is 12.5 Å². The summed E-state index contributed by atoms with van der Waals surface area (Å²) in [5, 5.41) is 1.37. The van der Waals surface area contributed by atoms with Crippen molar-refractivity contribution in [1.82, 2.24) is 0 Å². The van der Waals surface area contributed by atoms with Gasteiger partial charge in [0.05, 0.1) is 17.5 Å². The minimum absolute atomic E-state index is 0.0449. The Balaban J connectivity index is 1.76. The predicted octanol–water partition coefficient (Wildman–Crippen LogP) is 2.90. The molecule has 0 aromatic heterocycles. The Bertz CT molecular complexity index is 725. The smallest absolute Gasteiger partial charge is 0.238 e. The molecule has 0 N–H and O–H groups in total. The van der Waals surface area contributed by atoms with E-state index in [1.165, 1.54) is 15.7 Å². The van der Waals surface area contributed by atoms with Gasteiger partial charge in [-0.3, -0.25) is 14.5 Å². The molecular formula is C18H21NO3Si. The second-order valence-corrected chi connectivity index (χ2v) is 11.2. The fraction of sp³-hybridized carbons (Fsp3) is 0.444. The lowest BCUT2D eigenvalue weighted by Crippen LogP contribution is -2.37. The number of rotatable bonds is 1. The third-order valence-corrected chi connectivity index (χ3v) is 8.54. The number of carbonyl (C=O) groups is 2. The third kappa shape index (κ3) is 1.99. The Kier molecular flexibility index (Phi) is 3.15. The number of hydrogen-bond acceptors (Lipinski definition) is 3. The molecule has 120 valence electrons. The van der Waals surface area contributed by atoms with E-state index in [-0.39, 0.29) is 29.6 Å². The first kappa shape index (κ1) is 14.8. The quantitative estimate of drug-likeness (QED) is 0.588. The fourth-order valence-corrected chi connectivity index (χ4v) is 7.74. The van der Waals surface area contributed by atoms with Gasteiger partial charge < -0.3 is 4.43 Å². The van der Waals surface area contributed by atoms with E-state index in [0.717, 1.165) is 0 Å². The van der Waals surface area contributed by atoms with Crippen molar-refractivity contribution in [3.8, 4) is 0 Å². The van der Waals surface area contributed by atoms with E-state index in [1.807, 2.05) is 30.3 Å². The minimum Gasteiger partial charge on any atom is -0.413 e. The van der Waals surface area contributed by atoms with Crippen LogP contribution in [0.25, 0.3) is 0 Å². The zero-order valence-electron chi connectivity index (χ0n) is 13.7. The van der Waals surface area contributed by atoms with Crippen LogP contribution in [0.15, 0.2) is 41.1 Å². The number of allylic oxidation sites excluding steroid dienone is 1. The highest BCUT2D eigenvalue weighted by atomic mass is 28.4. The molecule has 0 spiro atoms. The summed E-state index contributed by atoms with van der Waals surface area (Å²) in [4.78, 5) is 27.4. The van der Waals surface area contributed by atoms with Gasteiger partial charge in [-0.15, -0.1) is 0 Å². The molecule has 2 fully saturated rings. The number of nitrogens with zero attached hydrogens (tertiary/aromatic N) is 1. The largest absolute Gasteiger partial charge is 0.413 e. The van der Waals surface area contributed by atoms with Crippen LogP contribution in [0.4, 0.5) is 5.69 Å². The molecule has 23 heavy (non-hydrogen) atoms. The zero-order chi connectivity index (χ0) is 16.4. The van der Waals surface area contributed by atoms with Gasteiger partial charge in [0.1, 0.15) is 0 Å². The minimum atomic E-state index is -1.88. The van der Waals surface area contributed by atoms with Gasteiger partial charge in [0.25, 0.3) is 0 Å². The second kappa shape index (κ2) is 4.88. The molecule has 3 atom stereocenters. The van der Waals surface area contributed by atoms with E-state index < -0.39 is 8.32 Å². The Morgan fingerprint density at radius 3 is 2.48 bits per heavy atom. The molecule has 3 aliphatic rings. The summed E-state index contributed by atoms with van der Waals surface area (Å²) in [7, 11) is -1.88. The lowest BCUT2D eigenvalue weighted by Gasteiger charge is -2.32. The normalized spacial score (nSPS) is 32.3. The maximum absolute atomic E-state index is 13.1. The summed E-state index contributed by atoms with van der Waals surface area (Å²) in [5.74, 6) is -0.452. The van der Waals surface area contributed by atoms with E-state index in [2.05, 4.69) is 20.0 Å². The molecule has 0 saturated carbocycles. The summed E-state index contributed by atoms with van der Waals surface area (Å²) in [6, 6.07) is 9.28. The van der Waals surface area contributed by atoms with Crippen molar-refractivity contribution >= 4 is 25.8 Å². The van der Waals surface area contributed by atoms with Crippen LogP contribution in [0.5, 0.6) is 0 Å². The number of carbonyl (C=O) groups excluding carboxylic acids is 2. The van der Waals surface area contributed by atoms with Gasteiger partial charge in [-0.05, 0) is 43.8 Å². The fourth-order valence-electron chi connectivity index (χ4n) is 4.71. The summed E-state index contributed by atoms with van der Waals surface area (Å²) < 4.78 is 6.09. The molecule has 0 radical (unpaired) electrons. The van der Waals surface area contributed by atoms with Crippen LogP contribution in [0, 0.1) is 17.8 Å². The van der Waals surface area contributed by atoms with Crippen molar-refractivity contribution in [1.29, 1.82) is 0 Å². The van der Waals surface area contributed by atoms with E-state index in [4.69, 9.17) is 4.43 Å². The van der Waals surface area contributed by atoms with Gasteiger partial charge in [0.15, 0.2) is 0 Å². The van der Waals surface area contributed by atoms with Gasteiger partial charge in [-0.1, -0.05) is 23.8 Å². The van der Waals surface area contributed by atoms with E-state index in [0.29, 0.717) is 18.7 Å². The monoisotopic (exact) mass is 327 g/mol. The number of anilines is 1. The first-order valence-corrected chi connectivity index (χ1v) is 11.1. The number of hydrogen-bond donors (Lipinski definition) is 0. The van der Waals surface area contributed by atoms with Crippen LogP contribution in [0.1, 0.15) is 13.3 Å². The molecule has 0 unspecified atom stereocenters. The lowest BCUT2D eigenvalue weighted by atomic mass is 9.75. The van der Waals surface area contributed by atoms with Gasteiger partial charge in [0.2, 0.25) is 20.1 Å². The SMILES string of the molecule is CC1=C2[C@@H](CO[Si]2(C)C)[C@H]2C(=O)N(c3ccccc3)C(=O)[C@H]2C1. The number of amides is 2. The Morgan fingerprint density at radius 2 is 1.78 bits per heavy atom. The maximum Gasteiger partial charge on any atom is 0.238 e. The summed E-state index contributed by atoms with van der Waals surface area (Å²) >= 11 is 0. The molecule has 1 aromatic carbocycles. The predicted molar refractivity (Wildman–Crippen MR) is 90.2 cm³/mol. The average molecular weight is 327 g/mol. The topological polar surface area (TPSA) is 46.6 Å². The molecule has 1 aliphatic carbocycles. The van der Waals surface area contributed by atoms with Gasteiger partial charge in [-0.25, -0.2) is 0 Å². The lowest BCUT2D eigenvalue weighted by molar-refractivity contribution is -0.122. The molecule has 2 aliphatic heterocycles. The van der Waals surface area contributed by atoms with Crippen molar-refractivity contribution in [3.05, 3.63) is 41.1 Å². The van der Waals surface area contributed by atoms with E-state index in [1.54, 1.807) is 0 Å². The molecule has 1 aromatic rings. The standard InChI is InChI=1S/C18H21NO3Si/c1-11-9-13-15(14-10-22-23(2,3)16(11)14)18(21)19(17(13)20)12-7-5-4-6-8-12/h4-8,13-15H,9-10H2,1-3H3/t13-,14-,15-/m0/s1. The number of imide groups is 1. The highest BCUT2D eigenvalue weighted by Gasteiger charge is 2.58. The third-order valence-electron chi connectivity index (χ3n) is 5.55. The average Bonchev–Trinajstić information content (AvgIpc) is 2.96. The van der Waals surface area contributed by atoms with Crippen molar-refractivity contribution in [2.75, 3.05) is 11.5 Å². The Hall–Kier alpha value is -1.72. The van der Waals surface area contributed by atoms with Crippen molar-refractivity contribution in [3.63, 3.8) is 0 Å². The molecule has 4 nitrogen and oxygen atoms in total. The van der Waals surface area contributed by atoms with Crippen LogP contribution in [-0.4, -0.2) is 26.7 Å². The highest BCUT2D eigenvalue weighted by molar-refractivity contribution is 6.79. The first-order chi connectivity index (χ1) is 10.9. The summed E-state index contributed by atoms with van der Waals surface area (Å²) in [6.45, 7) is 7.10. The molecule has 0 bridgehead atoms. The Morgan fingerprint density at radius 1 is 1.09 bits per heavy atom. The van der Waals surface area contributed by atoms with E-state index in [9.17, 15) is 9.59 Å².